The number of unbranched alkanes of at least 4 members (excludes halogenated alkanes) is 1. The van der Waals surface area contributed by atoms with E-state index >= 15 is 0 Å². The predicted octanol–water partition coefficient (Wildman–Crippen LogP) is -2.07. The highest BCUT2D eigenvalue weighted by atomic mass is 16.4. The fourth-order valence-electron chi connectivity index (χ4n) is 0.443. The van der Waals surface area contributed by atoms with E-state index in [0.717, 1.165) is 12.8 Å². The summed E-state index contributed by atoms with van der Waals surface area (Å²) in [6.45, 7) is 0.517. The van der Waals surface area contributed by atoms with Gasteiger partial charge in [-0.15, -0.1) is 0 Å². The number of aliphatic hydroxyl groups is 6. The minimum Gasteiger partial charge on any atom is -0.481 e. The van der Waals surface area contributed by atoms with Gasteiger partial charge in [-0.05, 0) is 6.42 Å². The Hall–Kier alpha value is -0.770. The summed E-state index contributed by atoms with van der Waals surface area (Å²) in [7, 11) is 0. The van der Waals surface area contributed by atoms with E-state index in [2.05, 4.69) is 0 Å². The van der Waals surface area contributed by atoms with Crippen molar-refractivity contribution < 1.29 is 40.5 Å². The van der Waals surface area contributed by atoms with Crippen LogP contribution in [0.3, 0.4) is 0 Å². The van der Waals surface area contributed by atoms with E-state index < -0.39 is 18.2 Å². The molecule has 8 nitrogen and oxygen atoms in total. The molecule has 0 aromatic carbocycles. The third-order valence-electron chi connectivity index (χ3n) is 1.59. The molecule has 118 valence electrons. The van der Waals surface area contributed by atoms with E-state index in [9.17, 15) is 4.79 Å². The maximum absolute atomic E-state index is 9.76. The maximum atomic E-state index is 9.76. The van der Waals surface area contributed by atoms with Crippen molar-refractivity contribution in [3.8, 4) is 0 Å². The molecule has 0 aliphatic rings. The molecule has 19 heavy (non-hydrogen) atoms. The van der Waals surface area contributed by atoms with Crippen LogP contribution in [0.4, 0.5) is 0 Å². The van der Waals surface area contributed by atoms with Gasteiger partial charge in [0.1, 0.15) is 12.2 Å². The van der Waals surface area contributed by atoms with Gasteiger partial charge in [-0.2, -0.15) is 0 Å². The molecule has 0 saturated heterocycles. The third-order valence-corrected chi connectivity index (χ3v) is 1.59. The first-order valence-corrected chi connectivity index (χ1v) is 5.90. The second-order valence-electron chi connectivity index (χ2n) is 3.54. The van der Waals surface area contributed by atoms with E-state index in [0.29, 0.717) is 6.42 Å². The summed E-state index contributed by atoms with van der Waals surface area (Å²) in [5.74, 6) is -0.693. The minimum absolute atomic E-state index is 0.316. The van der Waals surface area contributed by atoms with Crippen molar-refractivity contribution in [2.75, 3.05) is 26.4 Å². The zero-order valence-electron chi connectivity index (χ0n) is 11.1. The van der Waals surface area contributed by atoms with Crippen molar-refractivity contribution in [3.63, 3.8) is 0 Å². The largest absolute Gasteiger partial charge is 0.481 e. The van der Waals surface area contributed by atoms with Gasteiger partial charge < -0.3 is 35.7 Å². The molecule has 0 bridgehead atoms. The minimum atomic E-state index is -0.954. The quantitative estimate of drug-likeness (QED) is 0.281. The van der Waals surface area contributed by atoms with Crippen LogP contribution >= 0.6 is 0 Å². The molecule has 0 fully saturated rings. The smallest absolute Gasteiger partial charge is 0.303 e. The summed E-state index contributed by atoms with van der Waals surface area (Å²) in [6.07, 6.45) is 0.174. The summed E-state index contributed by atoms with van der Waals surface area (Å²) in [6, 6.07) is 0. The first kappa shape index (κ1) is 23.3. The van der Waals surface area contributed by atoms with E-state index in [1.165, 1.54) is 0 Å². The van der Waals surface area contributed by atoms with Crippen LogP contribution in [0.1, 0.15) is 26.2 Å². The van der Waals surface area contributed by atoms with Crippen molar-refractivity contribution >= 4 is 5.97 Å². The Kier molecular flexibility index (Phi) is 24.0. The Balaban J connectivity index is -0.000000203. The molecular weight excluding hydrogens is 260 g/mol. The lowest BCUT2D eigenvalue weighted by atomic mass is 10.3. The Morgan fingerprint density at radius 2 is 1.21 bits per heavy atom. The zero-order chi connectivity index (χ0) is 15.7. The lowest BCUT2D eigenvalue weighted by Crippen LogP contribution is -2.15. The molecule has 0 spiro atoms. The van der Waals surface area contributed by atoms with Crippen LogP contribution in [-0.2, 0) is 4.79 Å². The molecule has 0 aliphatic heterocycles. The highest BCUT2D eigenvalue weighted by Crippen LogP contribution is 1.91. The van der Waals surface area contributed by atoms with Crippen LogP contribution < -0.4 is 0 Å². The van der Waals surface area contributed by atoms with Crippen molar-refractivity contribution in [2.45, 2.75) is 38.4 Å². The SMILES string of the molecule is CCCCC(=O)O.OCC(O)CO.OCC(O)CO. The first-order chi connectivity index (χ1) is 8.89. The van der Waals surface area contributed by atoms with E-state index in [1.54, 1.807) is 0 Å². The van der Waals surface area contributed by atoms with Gasteiger partial charge in [-0.25, -0.2) is 0 Å². The van der Waals surface area contributed by atoms with Gasteiger partial charge in [-0.1, -0.05) is 13.3 Å². The average molecular weight is 286 g/mol. The molecule has 0 radical (unpaired) electrons. The highest BCUT2D eigenvalue weighted by Gasteiger charge is 1.94. The predicted molar refractivity (Wildman–Crippen MR) is 67.5 cm³/mol. The monoisotopic (exact) mass is 286 g/mol. The summed E-state index contributed by atoms with van der Waals surface area (Å²) in [4.78, 5) is 9.76. The van der Waals surface area contributed by atoms with Gasteiger partial charge >= 0.3 is 5.97 Å². The van der Waals surface area contributed by atoms with Gasteiger partial charge in [0, 0.05) is 6.42 Å². The summed E-state index contributed by atoms with van der Waals surface area (Å²) in [5, 5.41) is 56.1. The maximum Gasteiger partial charge on any atom is 0.303 e. The Morgan fingerprint density at radius 1 is 0.895 bits per heavy atom. The molecule has 0 atom stereocenters. The van der Waals surface area contributed by atoms with Gasteiger partial charge in [-0.3, -0.25) is 4.79 Å². The number of carboxylic acid groups (broad SMARTS) is 1. The molecule has 0 saturated carbocycles. The zero-order valence-corrected chi connectivity index (χ0v) is 11.1. The molecule has 7 N–H and O–H groups in total. The van der Waals surface area contributed by atoms with Gasteiger partial charge in [0.05, 0.1) is 26.4 Å². The number of aliphatic hydroxyl groups excluding tert-OH is 6. The summed E-state index contributed by atoms with van der Waals surface area (Å²) in [5.41, 5.74) is 0. The molecule has 0 aromatic rings. The molecule has 0 aliphatic carbocycles. The third kappa shape index (κ3) is 31.7. The number of carboxylic acids is 1. The number of aliphatic carboxylic acids is 1. The molecule has 0 amide bonds. The van der Waals surface area contributed by atoms with Crippen LogP contribution in [0.15, 0.2) is 0 Å². The van der Waals surface area contributed by atoms with Crippen molar-refractivity contribution in [2.24, 2.45) is 0 Å². The van der Waals surface area contributed by atoms with Crippen LogP contribution in [-0.4, -0.2) is 80.4 Å². The first-order valence-electron chi connectivity index (χ1n) is 5.90. The number of hydrogen-bond acceptors (Lipinski definition) is 7. The fraction of sp³-hybridized carbons (Fsp3) is 0.909. The number of hydrogen-bond donors (Lipinski definition) is 7. The Bertz CT molecular complexity index is 158. The normalized spacial score (nSPS) is 9.53. The van der Waals surface area contributed by atoms with E-state index in [1.807, 2.05) is 6.92 Å². The van der Waals surface area contributed by atoms with Gasteiger partial charge in [0.15, 0.2) is 0 Å². The average Bonchev–Trinajstić information content (AvgIpc) is 2.44. The topological polar surface area (TPSA) is 159 Å². The van der Waals surface area contributed by atoms with Crippen molar-refractivity contribution in [1.29, 1.82) is 0 Å². The second-order valence-corrected chi connectivity index (χ2v) is 3.54. The van der Waals surface area contributed by atoms with Crippen LogP contribution in [0.5, 0.6) is 0 Å². The summed E-state index contributed by atoms with van der Waals surface area (Å²) < 4.78 is 0. The lowest BCUT2D eigenvalue weighted by Gasteiger charge is -1.96. The highest BCUT2D eigenvalue weighted by molar-refractivity contribution is 5.66. The second kappa shape index (κ2) is 19.6. The molecule has 0 unspecified atom stereocenters. The molecule has 0 heterocycles. The van der Waals surface area contributed by atoms with Gasteiger partial charge in [0.2, 0.25) is 0 Å². The van der Waals surface area contributed by atoms with Crippen molar-refractivity contribution in [3.05, 3.63) is 0 Å². The molecule has 0 rings (SSSR count). The van der Waals surface area contributed by atoms with Gasteiger partial charge in [0.25, 0.3) is 0 Å². The molecule has 0 aromatic heterocycles. The fourth-order valence-corrected chi connectivity index (χ4v) is 0.443. The van der Waals surface area contributed by atoms with Crippen molar-refractivity contribution in [1.82, 2.24) is 0 Å². The number of rotatable bonds is 7. The van der Waals surface area contributed by atoms with Crippen LogP contribution in [0.25, 0.3) is 0 Å². The lowest BCUT2D eigenvalue weighted by molar-refractivity contribution is -0.137. The standard InChI is InChI=1S/C5H10O2.2C3H8O3/c1-2-3-4-5(6)7;2*4-1-3(6)2-5/h2-4H2,1H3,(H,6,7);2*3-6H,1-2H2. The van der Waals surface area contributed by atoms with E-state index in [-0.39, 0.29) is 26.4 Å². The Labute approximate surface area is 112 Å². The van der Waals surface area contributed by atoms with E-state index in [4.69, 9.17) is 35.7 Å². The number of carbonyl (C=O) groups is 1. The molecule has 8 heteroatoms. The van der Waals surface area contributed by atoms with Crippen LogP contribution in [0, 0.1) is 0 Å². The Morgan fingerprint density at radius 3 is 1.26 bits per heavy atom. The summed E-state index contributed by atoms with van der Waals surface area (Å²) >= 11 is 0. The van der Waals surface area contributed by atoms with Crippen LogP contribution in [0.2, 0.25) is 0 Å². The molecular formula is C11H26O8.